The van der Waals surface area contributed by atoms with Crippen LogP contribution in [0.15, 0.2) is 35.9 Å². The number of esters is 1. The van der Waals surface area contributed by atoms with Crippen LogP contribution in [-0.4, -0.2) is 109 Å². The molecule has 0 aromatic heterocycles. The summed E-state index contributed by atoms with van der Waals surface area (Å²) in [6.07, 6.45) is 1.78. The van der Waals surface area contributed by atoms with Crippen molar-refractivity contribution in [3.63, 3.8) is 0 Å². The first-order valence-corrected chi connectivity index (χ1v) is 17.4. The minimum absolute atomic E-state index is 0.0697. The van der Waals surface area contributed by atoms with Crippen LogP contribution in [0, 0.1) is 10.8 Å². The Morgan fingerprint density at radius 2 is 2.02 bits per heavy atom. The average molecular weight is 740 g/mol. The van der Waals surface area contributed by atoms with Crippen molar-refractivity contribution in [2.75, 3.05) is 39.0 Å². The number of hydrogen-bond acceptors (Lipinski definition) is 11. The predicted octanol–water partition coefficient (Wildman–Crippen LogP) is 3.32. The molecule has 16 heteroatoms. The Labute approximate surface area is 302 Å². The van der Waals surface area contributed by atoms with Crippen LogP contribution in [-0.2, 0) is 39.9 Å². The van der Waals surface area contributed by atoms with Crippen LogP contribution in [0.3, 0.4) is 0 Å². The van der Waals surface area contributed by atoms with E-state index in [-0.39, 0.29) is 35.2 Å². The number of hydrazine groups is 1. The molecule has 4 bridgehead atoms. The van der Waals surface area contributed by atoms with E-state index < -0.39 is 59.6 Å². The van der Waals surface area contributed by atoms with Crippen molar-refractivity contribution in [1.29, 1.82) is 0 Å². The minimum atomic E-state index is -1.86. The van der Waals surface area contributed by atoms with Crippen LogP contribution in [0.2, 0.25) is 5.02 Å². The number of benzene rings is 1. The van der Waals surface area contributed by atoms with E-state index in [0.717, 1.165) is 11.1 Å². The molecule has 50 heavy (non-hydrogen) atoms. The summed E-state index contributed by atoms with van der Waals surface area (Å²) in [5, 5.41) is 12.0. The van der Waals surface area contributed by atoms with Gasteiger partial charge in [-0.3, -0.25) is 9.59 Å². The van der Waals surface area contributed by atoms with Crippen molar-refractivity contribution in [3.8, 4) is 5.75 Å². The number of carbonyl (C=O) groups is 3. The number of epoxide rings is 1. The molecule has 3 heterocycles. The van der Waals surface area contributed by atoms with Crippen molar-refractivity contribution in [2.45, 2.75) is 95.2 Å². The number of thiol groups is 1. The molecule has 0 saturated carbocycles. The molecule has 4 rings (SSSR count). The number of aliphatic hydroxyl groups is 1. The Balaban J connectivity index is 1.78. The van der Waals surface area contributed by atoms with Gasteiger partial charge in [-0.15, -0.1) is 0 Å². The number of methoxy groups -OCH3 is 2. The van der Waals surface area contributed by atoms with Crippen LogP contribution in [0.1, 0.15) is 52.5 Å². The van der Waals surface area contributed by atoms with Gasteiger partial charge in [-0.1, -0.05) is 47.8 Å². The van der Waals surface area contributed by atoms with Gasteiger partial charge < -0.3 is 33.9 Å². The highest BCUT2D eigenvalue weighted by molar-refractivity contribution is 7.80. The smallest absolute Gasteiger partial charge is 0.360 e. The molecule has 0 radical (unpaired) electrons. The zero-order valence-electron chi connectivity index (χ0n) is 29.7. The number of allylic oxidation sites excluding steroid dienone is 3. The van der Waals surface area contributed by atoms with Crippen LogP contribution in [0.5, 0.6) is 5.75 Å². The van der Waals surface area contributed by atoms with E-state index in [4.69, 9.17) is 35.4 Å². The highest BCUT2D eigenvalue weighted by atomic mass is 35.5. The number of fused-ring (bicyclic) bond motifs is 5. The standard InChI is InChI=1S/C34H47ClN4O10S/c1-19-10-9-11-26(46-8)34(43)18-25(49-39(44)36-34)20(2)31-33(4,48-31)27(47-32(42)21(3)37(5)28(40)12-13-50)17-29(41)38(6)23-15-22(14-19)16-24(45-7)30(23)35/h9-11,15-16,20-21,25-27,31,43H,12-14,17-18H2,1-8H3,(H-,36,44,50)/p+1. The fraction of sp³-hybridized carbons (Fsp3) is 0.618. The van der Waals surface area contributed by atoms with E-state index in [9.17, 15) is 24.4 Å². The molecule has 2 amide bonds. The summed E-state index contributed by atoms with van der Waals surface area (Å²) in [5.74, 6) is -1.34. The molecule has 2 saturated heterocycles. The van der Waals surface area contributed by atoms with Gasteiger partial charge in [-0.25, -0.2) is 9.63 Å². The first kappa shape index (κ1) is 39.4. The van der Waals surface area contributed by atoms with Crippen LogP contribution < -0.4 is 15.1 Å². The first-order valence-electron chi connectivity index (χ1n) is 16.4. The SMILES string of the molecule is COc1cc2cc(c1Cl)N(C)C(=O)CC(OC(=O)C(C)N(C)C(=O)CCS)C1(C)OC1C(C)C1CC(O)(N[N+](=O)O1)C(OC)C=CC=C(C)C2. The number of anilines is 1. The topological polar surface area (TPSA) is 159 Å². The van der Waals surface area contributed by atoms with Crippen molar-refractivity contribution in [3.05, 3.63) is 51.4 Å². The number of nitrogens with zero attached hydrogens (tertiary/aromatic N) is 3. The monoisotopic (exact) mass is 739 g/mol. The van der Waals surface area contributed by atoms with Crippen molar-refractivity contribution < 1.29 is 48.3 Å². The van der Waals surface area contributed by atoms with E-state index >= 15 is 0 Å². The lowest BCUT2D eigenvalue weighted by Crippen LogP contribution is -2.64. The van der Waals surface area contributed by atoms with Crippen LogP contribution in [0.25, 0.3) is 0 Å². The van der Waals surface area contributed by atoms with Gasteiger partial charge in [0.15, 0.2) is 6.10 Å². The Morgan fingerprint density at radius 1 is 1.32 bits per heavy atom. The number of rotatable bonds is 7. The molecule has 0 spiro atoms. The molecule has 1 aromatic rings. The minimum Gasteiger partial charge on any atom is -0.495 e. The van der Waals surface area contributed by atoms with Gasteiger partial charge in [0.25, 0.3) is 0 Å². The third-order valence-electron chi connectivity index (χ3n) is 9.79. The van der Waals surface area contributed by atoms with Gasteiger partial charge in [0.1, 0.15) is 39.5 Å². The van der Waals surface area contributed by atoms with Crippen LogP contribution >= 0.6 is 24.2 Å². The van der Waals surface area contributed by atoms with Gasteiger partial charge in [-0.2, -0.15) is 12.6 Å². The van der Waals surface area contributed by atoms with E-state index in [1.54, 1.807) is 45.2 Å². The number of hydrogen-bond donors (Lipinski definition) is 3. The zero-order chi connectivity index (χ0) is 37.1. The predicted molar refractivity (Wildman–Crippen MR) is 188 cm³/mol. The largest absolute Gasteiger partial charge is 0.495 e. The van der Waals surface area contributed by atoms with E-state index in [0.29, 0.717) is 23.6 Å². The fourth-order valence-corrected chi connectivity index (χ4v) is 6.93. The van der Waals surface area contributed by atoms with Crippen molar-refractivity contribution in [2.24, 2.45) is 5.92 Å². The molecule has 14 nitrogen and oxygen atoms in total. The van der Waals surface area contributed by atoms with E-state index in [2.05, 4.69) is 18.1 Å². The summed E-state index contributed by atoms with van der Waals surface area (Å²) in [6, 6.07) is 2.59. The summed E-state index contributed by atoms with van der Waals surface area (Å²) in [5.41, 5.74) is 1.46. The summed E-state index contributed by atoms with van der Waals surface area (Å²) in [6.45, 7) is 6.94. The first-order chi connectivity index (χ1) is 23.5. The normalized spacial score (nSPS) is 30.7. The highest BCUT2D eigenvalue weighted by Crippen LogP contribution is 2.49. The molecular weight excluding hydrogens is 692 g/mol. The van der Waals surface area contributed by atoms with Gasteiger partial charge in [-0.05, 0) is 50.6 Å². The Kier molecular flexibility index (Phi) is 12.5. The fourth-order valence-electron chi connectivity index (χ4n) is 6.43. The lowest BCUT2D eigenvalue weighted by molar-refractivity contribution is -0.877. The molecule has 3 aliphatic heterocycles. The maximum absolute atomic E-state index is 14.0. The number of halogens is 1. The number of likely N-dealkylation sites (N-methyl/N-ethyl adjacent to an activating group) is 1. The third kappa shape index (κ3) is 8.39. The molecule has 2 N–H and O–H groups in total. The maximum Gasteiger partial charge on any atom is 0.360 e. The van der Waals surface area contributed by atoms with Gasteiger partial charge in [0, 0.05) is 40.0 Å². The van der Waals surface area contributed by atoms with E-state index in [1.807, 2.05) is 13.0 Å². The molecule has 8 atom stereocenters. The lowest BCUT2D eigenvalue weighted by atomic mass is 9.84. The summed E-state index contributed by atoms with van der Waals surface area (Å²) >= 11 is 10.8. The van der Waals surface area contributed by atoms with Gasteiger partial charge in [0.2, 0.25) is 17.5 Å². The lowest BCUT2D eigenvalue weighted by Gasteiger charge is -2.36. The highest BCUT2D eigenvalue weighted by Gasteiger charge is 2.65. The molecule has 3 aliphatic rings. The Bertz CT molecular complexity index is 1540. The quantitative estimate of drug-likeness (QED) is 0.214. The number of ether oxygens (including phenoxy) is 4. The molecule has 2 fully saturated rings. The van der Waals surface area contributed by atoms with Gasteiger partial charge >= 0.3 is 11.0 Å². The molecule has 0 aliphatic carbocycles. The van der Waals surface area contributed by atoms with Crippen molar-refractivity contribution in [1.82, 2.24) is 10.3 Å². The maximum atomic E-state index is 14.0. The Morgan fingerprint density at radius 3 is 2.66 bits per heavy atom. The second-order valence-electron chi connectivity index (χ2n) is 13.3. The summed E-state index contributed by atoms with van der Waals surface area (Å²) < 4.78 is 23.4. The molecule has 276 valence electrons. The molecule has 1 aromatic carbocycles. The average Bonchev–Trinajstić information content (AvgIpc) is 3.76. The van der Waals surface area contributed by atoms with E-state index in [1.165, 1.54) is 38.0 Å². The number of carbonyl (C=O) groups excluding carboxylic acids is 3. The Hall–Kier alpha value is -3.37. The van der Waals surface area contributed by atoms with Gasteiger partial charge in [0.05, 0.1) is 25.3 Å². The van der Waals surface area contributed by atoms with Crippen LogP contribution in [0.4, 0.5) is 5.69 Å². The summed E-state index contributed by atoms with van der Waals surface area (Å²) in [4.78, 5) is 61.1. The molecule has 8 unspecified atom stereocenters. The summed E-state index contributed by atoms with van der Waals surface area (Å²) in [7, 11) is 5.97. The molecular formula is C34H48ClN4O10S+. The number of amides is 2. The second-order valence-corrected chi connectivity index (χ2v) is 14.1. The third-order valence-corrected chi connectivity index (χ3v) is 10.4. The zero-order valence-corrected chi connectivity index (χ0v) is 31.3. The second kappa shape index (κ2) is 15.9. The van der Waals surface area contributed by atoms with Crippen molar-refractivity contribution >= 4 is 47.7 Å². The number of nitrogens with one attached hydrogen (secondary N) is 1.